The summed E-state index contributed by atoms with van der Waals surface area (Å²) in [6.07, 6.45) is 8.09. The van der Waals surface area contributed by atoms with E-state index in [0.29, 0.717) is 0 Å². The second kappa shape index (κ2) is 6.92. The molecule has 0 N–H and O–H groups in total. The van der Waals surface area contributed by atoms with Crippen molar-refractivity contribution in [3.8, 4) is 12.3 Å². The maximum absolute atomic E-state index is 10.7. The van der Waals surface area contributed by atoms with Gasteiger partial charge in [-0.2, -0.15) is 0 Å². The van der Waals surface area contributed by atoms with E-state index in [4.69, 9.17) is 6.42 Å². The van der Waals surface area contributed by atoms with Crippen LogP contribution in [-0.4, -0.2) is 25.2 Å². The molecule has 0 unspecified atom stereocenters. The predicted octanol–water partition coefficient (Wildman–Crippen LogP) is 0.282. The number of carbonyl (C=O) groups excluding carboxylic acids is 2. The molecule has 0 saturated heterocycles. The minimum Gasteiger partial charge on any atom is -0.453 e. The first-order chi connectivity index (χ1) is 6.22. The van der Waals surface area contributed by atoms with Crippen LogP contribution in [0.3, 0.4) is 0 Å². The first-order valence-electron chi connectivity index (χ1n) is 3.61. The van der Waals surface area contributed by atoms with Crippen LogP contribution in [0.4, 0.5) is 0 Å². The van der Waals surface area contributed by atoms with Crippen molar-refractivity contribution in [3.63, 3.8) is 0 Å². The van der Waals surface area contributed by atoms with Crippen molar-refractivity contribution in [2.75, 3.05) is 13.2 Å². The standard InChI is InChI=1S/C9H10O4/c1-3-5-7-13-9(11)8(10)12-6-4-2/h2-3,5H,6-7H2,1H3. The van der Waals surface area contributed by atoms with Gasteiger partial charge >= 0.3 is 11.9 Å². The molecule has 0 fully saturated rings. The predicted molar refractivity (Wildman–Crippen MR) is 45.6 cm³/mol. The summed E-state index contributed by atoms with van der Waals surface area (Å²) in [6.45, 7) is 1.60. The van der Waals surface area contributed by atoms with Crippen LogP contribution in [0.2, 0.25) is 0 Å². The number of carbonyl (C=O) groups is 2. The number of terminal acetylenes is 1. The summed E-state index contributed by atoms with van der Waals surface area (Å²) in [6, 6.07) is 0. The lowest BCUT2D eigenvalue weighted by molar-refractivity contribution is -0.166. The summed E-state index contributed by atoms with van der Waals surface area (Å²) in [7, 11) is 0. The molecular weight excluding hydrogens is 172 g/mol. The highest BCUT2D eigenvalue weighted by atomic mass is 16.6. The number of rotatable bonds is 3. The van der Waals surface area contributed by atoms with Gasteiger partial charge < -0.3 is 9.47 Å². The Bertz CT molecular complexity index is 247. The maximum Gasteiger partial charge on any atom is 0.418 e. The van der Waals surface area contributed by atoms with E-state index in [0.717, 1.165) is 0 Å². The summed E-state index contributed by atoms with van der Waals surface area (Å²) in [5.41, 5.74) is 0. The zero-order chi connectivity index (χ0) is 10.1. The zero-order valence-electron chi connectivity index (χ0n) is 7.28. The molecule has 4 heteroatoms. The molecule has 0 amide bonds. The molecule has 0 aromatic rings. The first-order valence-corrected chi connectivity index (χ1v) is 3.61. The fourth-order valence-corrected chi connectivity index (χ4v) is 0.445. The van der Waals surface area contributed by atoms with Crippen molar-refractivity contribution in [3.05, 3.63) is 12.2 Å². The Morgan fingerprint density at radius 3 is 2.54 bits per heavy atom. The van der Waals surface area contributed by atoms with Gasteiger partial charge in [0.05, 0.1) is 0 Å². The molecule has 0 bridgehead atoms. The SMILES string of the molecule is C#CCOC(=O)C(=O)OCC=CC. The average Bonchev–Trinajstić information content (AvgIpc) is 2.14. The van der Waals surface area contributed by atoms with E-state index < -0.39 is 11.9 Å². The lowest BCUT2D eigenvalue weighted by atomic mass is 10.5. The topological polar surface area (TPSA) is 52.6 Å². The normalized spacial score (nSPS) is 9.23. The van der Waals surface area contributed by atoms with Crippen molar-refractivity contribution in [1.29, 1.82) is 0 Å². The van der Waals surface area contributed by atoms with Crippen LogP contribution in [0.5, 0.6) is 0 Å². The number of hydrogen-bond acceptors (Lipinski definition) is 4. The molecule has 0 saturated carbocycles. The number of esters is 2. The molecule has 4 nitrogen and oxygen atoms in total. The molecule has 70 valence electrons. The molecule has 0 aromatic heterocycles. The van der Waals surface area contributed by atoms with Crippen molar-refractivity contribution in [2.24, 2.45) is 0 Å². The largest absolute Gasteiger partial charge is 0.453 e. The van der Waals surface area contributed by atoms with Gasteiger partial charge in [-0.05, 0) is 6.92 Å². The van der Waals surface area contributed by atoms with E-state index in [9.17, 15) is 9.59 Å². The molecule has 0 aliphatic carbocycles. The van der Waals surface area contributed by atoms with Gasteiger partial charge in [-0.3, -0.25) is 0 Å². The van der Waals surface area contributed by atoms with Gasteiger partial charge in [0.2, 0.25) is 0 Å². The van der Waals surface area contributed by atoms with Crippen LogP contribution in [-0.2, 0) is 19.1 Å². The Labute approximate surface area is 76.5 Å². The Morgan fingerprint density at radius 2 is 2.00 bits per heavy atom. The maximum atomic E-state index is 10.7. The molecule has 0 aromatic carbocycles. The molecule has 0 radical (unpaired) electrons. The Balaban J connectivity index is 3.71. The quantitative estimate of drug-likeness (QED) is 0.272. The van der Waals surface area contributed by atoms with Crippen molar-refractivity contribution >= 4 is 11.9 Å². The van der Waals surface area contributed by atoms with E-state index in [1.807, 2.05) is 0 Å². The second-order valence-electron chi connectivity index (χ2n) is 1.95. The third-order valence-corrected chi connectivity index (χ3v) is 1.000. The van der Waals surface area contributed by atoms with E-state index in [2.05, 4.69) is 15.4 Å². The highest BCUT2D eigenvalue weighted by Crippen LogP contribution is 1.85. The molecular formula is C9H10O4. The summed E-state index contributed by atoms with van der Waals surface area (Å²) in [5, 5.41) is 0. The van der Waals surface area contributed by atoms with Gasteiger partial charge in [0.15, 0.2) is 6.61 Å². The van der Waals surface area contributed by atoms with Crippen molar-refractivity contribution < 1.29 is 19.1 Å². The smallest absolute Gasteiger partial charge is 0.418 e. The third-order valence-electron chi connectivity index (χ3n) is 1.000. The summed E-state index contributed by atoms with van der Waals surface area (Å²) < 4.78 is 8.78. The zero-order valence-corrected chi connectivity index (χ0v) is 7.28. The number of ether oxygens (including phenoxy) is 2. The van der Waals surface area contributed by atoms with E-state index in [-0.39, 0.29) is 13.2 Å². The second-order valence-corrected chi connectivity index (χ2v) is 1.95. The summed E-state index contributed by atoms with van der Waals surface area (Å²) in [4.78, 5) is 21.4. The van der Waals surface area contributed by atoms with Crippen LogP contribution in [0.1, 0.15) is 6.92 Å². The van der Waals surface area contributed by atoms with Gasteiger partial charge in [0.25, 0.3) is 0 Å². The molecule has 0 spiro atoms. The molecule has 0 heterocycles. The van der Waals surface area contributed by atoms with Gasteiger partial charge in [-0.15, -0.1) is 6.42 Å². The fourth-order valence-electron chi connectivity index (χ4n) is 0.445. The van der Waals surface area contributed by atoms with Crippen molar-refractivity contribution in [1.82, 2.24) is 0 Å². The minimum atomic E-state index is -1.07. The first kappa shape index (κ1) is 11.2. The van der Waals surface area contributed by atoms with Crippen LogP contribution < -0.4 is 0 Å². The van der Waals surface area contributed by atoms with Crippen LogP contribution in [0.25, 0.3) is 0 Å². The molecule has 0 rings (SSSR count). The minimum absolute atomic E-state index is 0.0560. The van der Waals surface area contributed by atoms with Gasteiger partial charge in [0, 0.05) is 0 Å². The fraction of sp³-hybridized carbons (Fsp3) is 0.333. The Kier molecular flexibility index (Phi) is 5.98. The van der Waals surface area contributed by atoms with Gasteiger partial charge in [0.1, 0.15) is 6.61 Å². The van der Waals surface area contributed by atoms with Crippen LogP contribution in [0.15, 0.2) is 12.2 Å². The highest BCUT2D eigenvalue weighted by molar-refractivity contribution is 6.29. The lowest BCUT2D eigenvalue weighted by Gasteiger charge is -1.99. The summed E-state index contributed by atoms with van der Waals surface area (Å²) in [5.74, 6) is -0.0452. The molecule has 0 aliphatic rings. The van der Waals surface area contributed by atoms with E-state index in [1.54, 1.807) is 19.1 Å². The highest BCUT2D eigenvalue weighted by Gasteiger charge is 2.15. The molecule has 0 atom stereocenters. The van der Waals surface area contributed by atoms with Crippen LogP contribution >= 0.6 is 0 Å². The van der Waals surface area contributed by atoms with Crippen LogP contribution in [0, 0.1) is 12.3 Å². The van der Waals surface area contributed by atoms with E-state index in [1.165, 1.54) is 0 Å². The molecule has 0 aliphatic heterocycles. The summed E-state index contributed by atoms with van der Waals surface area (Å²) >= 11 is 0. The van der Waals surface area contributed by atoms with Gasteiger partial charge in [-0.1, -0.05) is 18.1 Å². The lowest BCUT2D eigenvalue weighted by Crippen LogP contribution is -2.20. The average molecular weight is 182 g/mol. The number of hydrogen-bond donors (Lipinski definition) is 0. The Hall–Kier alpha value is -1.76. The van der Waals surface area contributed by atoms with Gasteiger partial charge in [-0.25, -0.2) is 9.59 Å². The van der Waals surface area contributed by atoms with Crippen molar-refractivity contribution in [2.45, 2.75) is 6.92 Å². The monoisotopic (exact) mass is 182 g/mol. The molecule has 13 heavy (non-hydrogen) atoms. The number of allylic oxidation sites excluding steroid dienone is 1. The van der Waals surface area contributed by atoms with E-state index >= 15 is 0 Å². The Morgan fingerprint density at radius 1 is 1.38 bits per heavy atom. The third kappa shape index (κ3) is 5.50.